The average Bonchev–Trinajstić information content (AvgIpc) is 3.13. The predicted molar refractivity (Wildman–Crippen MR) is 81.6 cm³/mol. The number of morpholine rings is 2. The van der Waals surface area contributed by atoms with Gasteiger partial charge in [0.15, 0.2) is 11.9 Å². The fraction of sp³-hybridized carbons (Fsp3) is 0.571. The number of aliphatic carboxylic acids is 1. The molecule has 1 aromatic heterocycles. The zero-order valence-corrected chi connectivity index (χ0v) is 14.1. The average molecular weight is 374 g/mol. The molecule has 1 unspecified atom stereocenters. The van der Waals surface area contributed by atoms with E-state index in [1.807, 2.05) is 0 Å². The quantitative estimate of drug-likeness (QED) is 0.728. The fourth-order valence-corrected chi connectivity index (χ4v) is 3.95. The molecule has 10 nitrogen and oxygen atoms in total. The smallest absolute Gasteiger partial charge is 0.334 e. The van der Waals surface area contributed by atoms with Crippen LogP contribution in [0, 0.1) is 0 Å². The van der Waals surface area contributed by atoms with Crippen molar-refractivity contribution >= 4 is 21.9 Å². The van der Waals surface area contributed by atoms with Crippen LogP contribution in [0.4, 0.5) is 0 Å². The molecule has 0 spiro atoms. The minimum Gasteiger partial charge on any atom is -0.479 e. The SMILES string of the molecule is O=C(O)C1CN(C(=O)c2ccc(S(=O)(=O)N3CCOCC3)o2)CCO1. The van der Waals surface area contributed by atoms with Crippen molar-refractivity contribution in [3.63, 3.8) is 0 Å². The summed E-state index contributed by atoms with van der Waals surface area (Å²) in [5.41, 5.74) is 0. The van der Waals surface area contributed by atoms with Crippen LogP contribution < -0.4 is 0 Å². The third-order valence-corrected chi connectivity index (χ3v) is 5.76. The number of rotatable bonds is 4. The van der Waals surface area contributed by atoms with Gasteiger partial charge in [-0.05, 0) is 12.1 Å². The molecule has 1 amide bonds. The summed E-state index contributed by atoms with van der Waals surface area (Å²) in [6.07, 6.45) is -1.11. The van der Waals surface area contributed by atoms with Gasteiger partial charge in [-0.1, -0.05) is 0 Å². The van der Waals surface area contributed by atoms with Crippen molar-refractivity contribution in [2.75, 3.05) is 46.0 Å². The normalized spacial score (nSPS) is 22.7. The number of furan rings is 1. The molecule has 0 aliphatic carbocycles. The molecule has 0 saturated carbocycles. The van der Waals surface area contributed by atoms with E-state index >= 15 is 0 Å². The Hall–Kier alpha value is -1.95. The number of hydrogen-bond acceptors (Lipinski definition) is 7. The molecular weight excluding hydrogens is 356 g/mol. The molecule has 0 aromatic carbocycles. The molecule has 138 valence electrons. The second kappa shape index (κ2) is 7.12. The maximum atomic E-state index is 12.5. The molecule has 1 N–H and O–H groups in total. The lowest BCUT2D eigenvalue weighted by Crippen LogP contribution is -2.48. The van der Waals surface area contributed by atoms with Gasteiger partial charge >= 0.3 is 5.97 Å². The number of nitrogens with zero attached hydrogens (tertiary/aromatic N) is 2. The highest BCUT2D eigenvalue weighted by Crippen LogP contribution is 2.21. The number of hydrogen-bond donors (Lipinski definition) is 1. The van der Waals surface area contributed by atoms with E-state index in [2.05, 4.69) is 0 Å². The lowest BCUT2D eigenvalue weighted by atomic mass is 10.2. The van der Waals surface area contributed by atoms with Gasteiger partial charge in [-0.25, -0.2) is 13.2 Å². The van der Waals surface area contributed by atoms with Crippen molar-refractivity contribution < 1.29 is 37.0 Å². The first-order chi connectivity index (χ1) is 11.9. The fourth-order valence-electron chi connectivity index (χ4n) is 2.63. The van der Waals surface area contributed by atoms with Gasteiger partial charge in [-0.15, -0.1) is 0 Å². The van der Waals surface area contributed by atoms with E-state index in [1.165, 1.54) is 21.3 Å². The highest BCUT2D eigenvalue weighted by atomic mass is 32.2. The number of sulfonamides is 1. The van der Waals surface area contributed by atoms with Crippen molar-refractivity contribution in [3.8, 4) is 0 Å². The number of amides is 1. The Labute approximate surface area is 143 Å². The van der Waals surface area contributed by atoms with Crippen molar-refractivity contribution in [2.24, 2.45) is 0 Å². The van der Waals surface area contributed by atoms with E-state index in [4.69, 9.17) is 19.0 Å². The molecule has 3 heterocycles. The van der Waals surface area contributed by atoms with Crippen molar-refractivity contribution in [2.45, 2.75) is 11.2 Å². The molecule has 1 aromatic rings. The van der Waals surface area contributed by atoms with E-state index in [0.717, 1.165) is 0 Å². The highest BCUT2D eigenvalue weighted by molar-refractivity contribution is 7.89. The van der Waals surface area contributed by atoms with Crippen LogP contribution in [-0.2, 0) is 24.3 Å². The summed E-state index contributed by atoms with van der Waals surface area (Å²) in [6, 6.07) is 2.51. The summed E-state index contributed by atoms with van der Waals surface area (Å²) >= 11 is 0. The number of carboxylic acids is 1. The van der Waals surface area contributed by atoms with Crippen LogP contribution in [0.2, 0.25) is 0 Å². The van der Waals surface area contributed by atoms with Crippen LogP contribution in [0.5, 0.6) is 0 Å². The molecule has 3 rings (SSSR count). The van der Waals surface area contributed by atoms with Gasteiger partial charge in [0.05, 0.1) is 26.4 Å². The van der Waals surface area contributed by atoms with Gasteiger partial charge in [-0.2, -0.15) is 4.31 Å². The number of carbonyl (C=O) groups is 2. The van der Waals surface area contributed by atoms with E-state index in [1.54, 1.807) is 0 Å². The van der Waals surface area contributed by atoms with Crippen LogP contribution in [-0.4, -0.2) is 86.7 Å². The van der Waals surface area contributed by atoms with Crippen LogP contribution in [0.1, 0.15) is 10.6 Å². The van der Waals surface area contributed by atoms with Gasteiger partial charge in [0.2, 0.25) is 5.09 Å². The number of carbonyl (C=O) groups excluding carboxylic acids is 1. The van der Waals surface area contributed by atoms with Crippen LogP contribution in [0.3, 0.4) is 0 Å². The third-order valence-electron chi connectivity index (χ3n) is 3.99. The van der Waals surface area contributed by atoms with Gasteiger partial charge < -0.3 is 23.9 Å². The first kappa shape index (κ1) is 17.9. The van der Waals surface area contributed by atoms with Crippen LogP contribution >= 0.6 is 0 Å². The van der Waals surface area contributed by atoms with E-state index < -0.39 is 28.0 Å². The van der Waals surface area contributed by atoms with Crippen LogP contribution in [0.15, 0.2) is 21.6 Å². The van der Waals surface area contributed by atoms with Crippen molar-refractivity contribution in [1.29, 1.82) is 0 Å². The Morgan fingerprint density at radius 2 is 1.84 bits per heavy atom. The Morgan fingerprint density at radius 3 is 2.52 bits per heavy atom. The zero-order chi connectivity index (χ0) is 18.0. The van der Waals surface area contributed by atoms with E-state index in [0.29, 0.717) is 13.2 Å². The van der Waals surface area contributed by atoms with E-state index in [9.17, 15) is 18.0 Å². The molecule has 2 fully saturated rings. The summed E-state index contributed by atoms with van der Waals surface area (Å²) in [4.78, 5) is 24.7. The maximum absolute atomic E-state index is 12.5. The molecule has 25 heavy (non-hydrogen) atoms. The second-order valence-electron chi connectivity index (χ2n) is 5.58. The van der Waals surface area contributed by atoms with Gasteiger partial charge in [0.1, 0.15) is 0 Å². The minimum absolute atomic E-state index is 0.0857. The minimum atomic E-state index is -3.83. The summed E-state index contributed by atoms with van der Waals surface area (Å²) in [6.45, 7) is 1.20. The predicted octanol–water partition coefficient (Wildman–Crippen LogP) is -0.774. The molecule has 0 radical (unpaired) electrons. The Balaban J connectivity index is 1.74. The monoisotopic (exact) mass is 374 g/mol. The second-order valence-corrected chi connectivity index (χ2v) is 7.45. The van der Waals surface area contributed by atoms with Gasteiger partial charge in [0, 0.05) is 19.6 Å². The van der Waals surface area contributed by atoms with Gasteiger partial charge in [0.25, 0.3) is 15.9 Å². The molecule has 2 saturated heterocycles. The first-order valence-electron chi connectivity index (χ1n) is 7.71. The maximum Gasteiger partial charge on any atom is 0.334 e. The Kier molecular flexibility index (Phi) is 5.08. The lowest BCUT2D eigenvalue weighted by Gasteiger charge is -2.30. The Morgan fingerprint density at radius 1 is 1.12 bits per heavy atom. The standard InChI is InChI=1S/C14H18N2O8S/c17-13(15-3-8-23-11(9-15)14(18)19)10-1-2-12(24-10)25(20,21)16-4-6-22-7-5-16/h1-2,11H,3-9H2,(H,18,19). The number of carboxylic acid groups (broad SMARTS) is 1. The summed E-state index contributed by atoms with van der Waals surface area (Å²) < 4.78 is 41.7. The molecular formula is C14H18N2O8S. The van der Waals surface area contributed by atoms with Crippen molar-refractivity contribution in [3.05, 3.63) is 17.9 Å². The molecule has 11 heteroatoms. The molecule has 2 aliphatic heterocycles. The lowest BCUT2D eigenvalue weighted by molar-refractivity contribution is -0.154. The summed E-state index contributed by atoms with van der Waals surface area (Å²) in [5.74, 6) is -1.89. The zero-order valence-electron chi connectivity index (χ0n) is 13.3. The van der Waals surface area contributed by atoms with E-state index in [-0.39, 0.29) is 43.6 Å². The highest BCUT2D eigenvalue weighted by Gasteiger charge is 2.33. The Bertz CT molecular complexity index is 753. The van der Waals surface area contributed by atoms with Crippen LogP contribution in [0.25, 0.3) is 0 Å². The van der Waals surface area contributed by atoms with Crippen molar-refractivity contribution in [1.82, 2.24) is 9.21 Å². The number of ether oxygens (including phenoxy) is 2. The van der Waals surface area contributed by atoms with Gasteiger partial charge in [-0.3, -0.25) is 4.79 Å². The summed E-state index contributed by atoms with van der Waals surface area (Å²) in [5, 5.41) is 8.66. The largest absolute Gasteiger partial charge is 0.479 e. The summed E-state index contributed by atoms with van der Waals surface area (Å²) in [7, 11) is -3.83. The molecule has 2 aliphatic rings. The molecule has 0 bridgehead atoms. The topological polar surface area (TPSA) is 127 Å². The third kappa shape index (κ3) is 3.68. The first-order valence-corrected chi connectivity index (χ1v) is 9.15. The molecule has 1 atom stereocenters.